The Morgan fingerprint density at radius 2 is 1.67 bits per heavy atom. The van der Waals surface area contributed by atoms with Crippen LogP contribution in [0, 0.1) is 0 Å². The average molecular weight is 279 g/mol. The van der Waals surface area contributed by atoms with E-state index in [0.29, 0.717) is 5.69 Å². The van der Waals surface area contributed by atoms with Crippen LogP contribution in [0.4, 0.5) is 5.69 Å². The molecule has 0 unspecified atom stereocenters. The fraction of sp³-hybridized carbons (Fsp3) is 0.118. The van der Waals surface area contributed by atoms with E-state index in [0.717, 1.165) is 16.9 Å². The number of benzene rings is 2. The fourth-order valence-corrected chi connectivity index (χ4v) is 2.29. The zero-order chi connectivity index (χ0) is 14.8. The first-order valence-corrected chi connectivity index (χ1v) is 6.77. The molecule has 1 aromatic heterocycles. The Labute approximate surface area is 123 Å². The molecule has 0 fully saturated rings. The Morgan fingerprint density at radius 3 is 2.33 bits per heavy atom. The minimum absolute atomic E-state index is 0.215. The molecule has 0 aliphatic carbocycles. The average Bonchev–Trinajstić information content (AvgIpc) is 2.97. The van der Waals surface area contributed by atoms with Gasteiger partial charge in [0.05, 0.1) is 11.9 Å². The molecule has 2 aromatic carbocycles. The summed E-state index contributed by atoms with van der Waals surface area (Å²) in [7, 11) is 4.03. The molecule has 1 N–H and O–H groups in total. The van der Waals surface area contributed by atoms with Crippen LogP contribution in [0.25, 0.3) is 16.9 Å². The summed E-state index contributed by atoms with van der Waals surface area (Å²) in [6, 6.07) is 17.4. The zero-order valence-corrected chi connectivity index (χ0v) is 12.1. The van der Waals surface area contributed by atoms with Crippen molar-refractivity contribution in [2.45, 2.75) is 0 Å². The second-order valence-corrected chi connectivity index (χ2v) is 5.06. The number of phenolic OH excluding ortho intramolecular Hbond substituents is 1. The minimum atomic E-state index is 0.215. The van der Waals surface area contributed by atoms with E-state index in [4.69, 9.17) is 0 Å². The quantitative estimate of drug-likeness (QED) is 0.799. The molecule has 21 heavy (non-hydrogen) atoms. The second kappa shape index (κ2) is 5.32. The van der Waals surface area contributed by atoms with Crippen molar-refractivity contribution in [2.75, 3.05) is 19.0 Å². The standard InChI is InChI=1S/C17H17N3O/c1-19(2)14-9-7-13(8-10-14)15-11-12-18-20(15)16-5-3-4-6-17(16)21/h3-12,21H,1-2H3. The maximum absolute atomic E-state index is 10.0. The highest BCUT2D eigenvalue weighted by atomic mass is 16.3. The lowest BCUT2D eigenvalue weighted by molar-refractivity contribution is 0.470. The summed E-state index contributed by atoms with van der Waals surface area (Å²) in [5, 5.41) is 14.3. The summed E-state index contributed by atoms with van der Waals surface area (Å²) in [4.78, 5) is 2.06. The van der Waals surface area contributed by atoms with E-state index >= 15 is 0 Å². The molecule has 1 heterocycles. The Balaban J connectivity index is 2.05. The molecule has 0 amide bonds. The van der Waals surface area contributed by atoms with Crippen LogP contribution in [0.1, 0.15) is 0 Å². The van der Waals surface area contributed by atoms with Gasteiger partial charge in [0.15, 0.2) is 0 Å². The molecule has 106 valence electrons. The SMILES string of the molecule is CN(C)c1ccc(-c2ccnn2-c2ccccc2O)cc1. The maximum atomic E-state index is 10.0. The van der Waals surface area contributed by atoms with E-state index in [1.807, 2.05) is 32.3 Å². The van der Waals surface area contributed by atoms with Crippen LogP contribution >= 0.6 is 0 Å². The summed E-state index contributed by atoms with van der Waals surface area (Å²) in [6.07, 6.45) is 1.74. The van der Waals surface area contributed by atoms with Gasteiger partial charge < -0.3 is 10.0 Å². The van der Waals surface area contributed by atoms with E-state index < -0.39 is 0 Å². The predicted molar refractivity (Wildman–Crippen MR) is 85.0 cm³/mol. The van der Waals surface area contributed by atoms with Crippen molar-refractivity contribution in [3.05, 3.63) is 60.8 Å². The van der Waals surface area contributed by atoms with Gasteiger partial charge in [-0.3, -0.25) is 0 Å². The molecule has 0 radical (unpaired) electrons. The molecule has 3 rings (SSSR count). The van der Waals surface area contributed by atoms with Crippen LogP contribution in [0.2, 0.25) is 0 Å². The lowest BCUT2D eigenvalue weighted by Crippen LogP contribution is -2.08. The Kier molecular flexibility index (Phi) is 3.36. The van der Waals surface area contributed by atoms with E-state index in [-0.39, 0.29) is 5.75 Å². The number of anilines is 1. The number of hydrogen-bond acceptors (Lipinski definition) is 3. The highest BCUT2D eigenvalue weighted by Crippen LogP contribution is 2.28. The first kappa shape index (κ1) is 13.2. The minimum Gasteiger partial charge on any atom is -0.506 e. The van der Waals surface area contributed by atoms with Crippen LogP contribution < -0.4 is 4.90 Å². The van der Waals surface area contributed by atoms with Gasteiger partial charge >= 0.3 is 0 Å². The van der Waals surface area contributed by atoms with Gasteiger partial charge in [-0.15, -0.1) is 0 Å². The normalized spacial score (nSPS) is 10.6. The summed E-state index contributed by atoms with van der Waals surface area (Å²) in [5.41, 5.74) is 3.82. The van der Waals surface area contributed by atoms with Crippen molar-refractivity contribution in [1.29, 1.82) is 0 Å². The number of aromatic nitrogens is 2. The fourth-order valence-electron chi connectivity index (χ4n) is 2.29. The third-order valence-corrected chi connectivity index (χ3v) is 3.43. The van der Waals surface area contributed by atoms with Crippen LogP contribution in [-0.4, -0.2) is 29.0 Å². The number of hydrogen-bond donors (Lipinski definition) is 1. The van der Waals surface area contributed by atoms with Crippen LogP contribution in [0.15, 0.2) is 60.8 Å². The van der Waals surface area contributed by atoms with Crippen LogP contribution in [0.3, 0.4) is 0 Å². The predicted octanol–water partition coefficient (Wildman–Crippen LogP) is 3.31. The Bertz CT molecular complexity index is 745. The summed E-state index contributed by atoms with van der Waals surface area (Å²) >= 11 is 0. The van der Waals surface area contributed by atoms with E-state index in [1.54, 1.807) is 23.0 Å². The molecule has 4 nitrogen and oxygen atoms in total. The van der Waals surface area contributed by atoms with E-state index in [2.05, 4.69) is 34.3 Å². The van der Waals surface area contributed by atoms with Gasteiger partial charge in [-0.1, -0.05) is 24.3 Å². The molecular formula is C17H17N3O. The molecule has 0 bridgehead atoms. The molecule has 4 heteroatoms. The lowest BCUT2D eigenvalue weighted by Gasteiger charge is -2.13. The largest absolute Gasteiger partial charge is 0.506 e. The van der Waals surface area contributed by atoms with E-state index in [9.17, 15) is 5.11 Å². The van der Waals surface area contributed by atoms with Crippen LogP contribution in [0.5, 0.6) is 5.75 Å². The smallest absolute Gasteiger partial charge is 0.141 e. The second-order valence-electron chi connectivity index (χ2n) is 5.06. The first-order valence-electron chi connectivity index (χ1n) is 6.77. The Hall–Kier alpha value is -2.75. The molecule has 3 aromatic rings. The number of rotatable bonds is 3. The molecule has 0 spiro atoms. The van der Waals surface area contributed by atoms with Gasteiger partial charge in [0.2, 0.25) is 0 Å². The third kappa shape index (κ3) is 2.48. The van der Waals surface area contributed by atoms with Crippen molar-refractivity contribution in [1.82, 2.24) is 9.78 Å². The van der Waals surface area contributed by atoms with E-state index in [1.165, 1.54) is 0 Å². The summed E-state index contributed by atoms with van der Waals surface area (Å²) in [5.74, 6) is 0.215. The first-order chi connectivity index (χ1) is 10.2. The van der Waals surface area contributed by atoms with Crippen molar-refractivity contribution < 1.29 is 5.11 Å². The molecule has 0 saturated heterocycles. The number of phenols is 1. The van der Waals surface area contributed by atoms with Gasteiger partial charge in [0, 0.05) is 25.3 Å². The Morgan fingerprint density at radius 1 is 0.952 bits per heavy atom. The molecular weight excluding hydrogens is 262 g/mol. The van der Waals surface area contributed by atoms with Gasteiger partial charge in [-0.25, -0.2) is 4.68 Å². The van der Waals surface area contributed by atoms with Gasteiger partial charge in [-0.05, 0) is 30.3 Å². The number of nitrogens with zero attached hydrogens (tertiary/aromatic N) is 3. The highest BCUT2D eigenvalue weighted by molar-refractivity contribution is 5.66. The van der Waals surface area contributed by atoms with Crippen molar-refractivity contribution in [3.63, 3.8) is 0 Å². The summed E-state index contributed by atoms with van der Waals surface area (Å²) in [6.45, 7) is 0. The van der Waals surface area contributed by atoms with Gasteiger partial charge in [0.1, 0.15) is 11.4 Å². The molecule has 0 aliphatic heterocycles. The molecule has 0 aliphatic rings. The highest BCUT2D eigenvalue weighted by Gasteiger charge is 2.10. The summed E-state index contributed by atoms with van der Waals surface area (Å²) < 4.78 is 1.75. The number of para-hydroxylation sites is 2. The number of aromatic hydroxyl groups is 1. The van der Waals surface area contributed by atoms with Crippen molar-refractivity contribution in [2.24, 2.45) is 0 Å². The van der Waals surface area contributed by atoms with Gasteiger partial charge in [-0.2, -0.15) is 5.10 Å². The monoisotopic (exact) mass is 279 g/mol. The molecule has 0 saturated carbocycles. The molecule has 0 atom stereocenters. The lowest BCUT2D eigenvalue weighted by atomic mass is 10.1. The van der Waals surface area contributed by atoms with Gasteiger partial charge in [0.25, 0.3) is 0 Å². The van der Waals surface area contributed by atoms with Crippen LogP contribution in [-0.2, 0) is 0 Å². The van der Waals surface area contributed by atoms with Crippen molar-refractivity contribution >= 4 is 5.69 Å². The third-order valence-electron chi connectivity index (χ3n) is 3.43. The zero-order valence-electron chi connectivity index (χ0n) is 12.1. The maximum Gasteiger partial charge on any atom is 0.141 e. The topological polar surface area (TPSA) is 41.3 Å². The van der Waals surface area contributed by atoms with Crippen molar-refractivity contribution in [3.8, 4) is 22.7 Å².